The third-order valence-corrected chi connectivity index (χ3v) is 5.56. The first-order valence-corrected chi connectivity index (χ1v) is 8.62. The molecule has 2 atom stereocenters. The van der Waals surface area contributed by atoms with Crippen LogP contribution in [0.2, 0.25) is 0 Å². The highest BCUT2D eigenvalue weighted by Crippen LogP contribution is 2.39. The minimum atomic E-state index is -0.0615. The number of Topliss-reactive ketones (excluding diaryl/α,β-unsaturated/α-hetero) is 1. The molecule has 1 saturated heterocycles. The molecule has 0 spiro atoms. The zero-order valence-corrected chi connectivity index (χ0v) is 14.4. The first kappa shape index (κ1) is 16.7. The predicted octanol–water partition coefficient (Wildman–Crippen LogP) is 4.02. The molecular weight excluding hydrogens is 298 g/mol. The molecule has 2 unspecified atom stereocenters. The van der Waals surface area contributed by atoms with Gasteiger partial charge in [-0.05, 0) is 44.0 Å². The molecule has 1 aliphatic rings. The standard InChI is InChI=1S/C21H25NO2/c1-16-21(2,18-10-6-11-19(23)14-18)12-7-13-22(16)15-20(24)17-8-4-3-5-9-17/h3-6,8-11,14,16,23H,7,12-13,15H2,1-2H3. The number of phenolic OH excluding ortho intramolecular Hbond substituents is 1. The van der Waals surface area contributed by atoms with E-state index in [4.69, 9.17) is 0 Å². The van der Waals surface area contributed by atoms with Gasteiger partial charge in [0.15, 0.2) is 5.78 Å². The van der Waals surface area contributed by atoms with Gasteiger partial charge in [-0.15, -0.1) is 0 Å². The van der Waals surface area contributed by atoms with Gasteiger partial charge in [0.2, 0.25) is 0 Å². The Balaban J connectivity index is 1.80. The molecule has 3 rings (SSSR count). The summed E-state index contributed by atoms with van der Waals surface area (Å²) in [7, 11) is 0. The van der Waals surface area contributed by atoms with E-state index in [0.29, 0.717) is 12.3 Å². The van der Waals surface area contributed by atoms with Crippen LogP contribution in [0, 0.1) is 0 Å². The number of likely N-dealkylation sites (tertiary alicyclic amines) is 1. The van der Waals surface area contributed by atoms with E-state index in [9.17, 15) is 9.90 Å². The van der Waals surface area contributed by atoms with Crippen molar-refractivity contribution in [2.45, 2.75) is 38.1 Å². The van der Waals surface area contributed by atoms with Crippen molar-refractivity contribution < 1.29 is 9.90 Å². The van der Waals surface area contributed by atoms with E-state index >= 15 is 0 Å². The molecule has 3 nitrogen and oxygen atoms in total. The number of hydrogen-bond acceptors (Lipinski definition) is 3. The van der Waals surface area contributed by atoms with Crippen molar-refractivity contribution in [2.24, 2.45) is 0 Å². The van der Waals surface area contributed by atoms with Gasteiger partial charge in [-0.3, -0.25) is 9.69 Å². The molecule has 1 aliphatic heterocycles. The van der Waals surface area contributed by atoms with E-state index in [0.717, 1.165) is 30.5 Å². The van der Waals surface area contributed by atoms with Gasteiger partial charge in [-0.2, -0.15) is 0 Å². The maximum absolute atomic E-state index is 12.6. The average molecular weight is 323 g/mol. The Bertz CT molecular complexity index is 713. The van der Waals surface area contributed by atoms with Gasteiger partial charge >= 0.3 is 0 Å². The lowest BCUT2D eigenvalue weighted by atomic mass is 9.70. The van der Waals surface area contributed by atoms with Crippen molar-refractivity contribution in [1.29, 1.82) is 0 Å². The molecule has 0 saturated carbocycles. The Hall–Kier alpha value is -2.13. The molecule has 2 aromatic carbocycles. The summed E-state index contributed by atoms with van der Waals surface area (Å²) in [5.41, 5.74) is 1.86. The molecule has 126 valence electrons. The number of ketones is 1. The van der Waals surface area contributed by atoms with Crippen molar-refractivity contribution in [3.63, 3.8) is 0 Å². The third-order valence-electron chi connectivity index (χ3n) is 5.56. The van der Waals surface area contributed by atoms with Gasteiger partial charge in [0.05, 0.1) is 6.54 Å². The van der Waals surface area contributed by atoms with Gasteiger partial charge in [0.25, 0.3) is 0 Å². The Morgan fingerprint density at radius 1 is 1.21 bits per heavy atom. The van der Waals surface area contributed by atoms with Crippen LogP contribution in [-0.4, -0.2) is 34.9 Å². The number of piperidine rings is 1. The normalized spacial score (nSPS) is 24.7. The zero-order valence-electron chi connectivity index (χ0n) is 14.4. The lowest BCUT2D eigenvalue weighted by Crippen LogP contribution is -2.53. The fourth-order valence-electron chi connectivity index (χ4n) is 3.82. The molecule has 3 heteroatoms. The van der Waals surface area contributed by atoms with Gasteiger partial charge in [0.1, 0.15) is 5.75 Å². The van der Waals surface area contributed by atoms with Gasteiger partial charge in [-0.1, -0.05) is 49.4 Å². The van der Waals surface area contributed by atoms with Crippen molar-refractivity contribution in [3.05, 3.63) is 65.7 Å². The summed E-state index contributed by atoms with van der Waals surface area (Å²) >= 11 is 0. The summed E-state index contributed by atoms with van der Waals surface area (Å²) in [6.07, 6.45) is 2.12. The molecular formula is C21H25NO2. The lowest BCUT2D eigenvalue weighted by molar-refractivity contribution is 0.0687. The quantitative estimate of drug-likeness (QED) is 0.864. The van der Waals surface area contributed by atoms with Crippen LogP contribution < -0.4 is 0 Å². The predicted molar refractivity (Wildman–Crippen MR) is 96.5 cm³/mol. The van der Waals surface area contributed by atoms with E-state index in [1.54, 1.807) is 6.07 Å². The molecule has 1 heterocycles. The summed E-state index contributed by atoms with van der Waals surface area (Å²) in [4.78, 5) is 14.9. The number of rotatable bonds is 4. The Labute approximate surface area is 143 Å². The second-order valence-electron chi connectivity index (χ2n) is 7.01. The molecule has 0 aliphatic carbocycles. The van der Waals surface area contributed by atoms with E-state index in [2.05, 4.69) is 24.8 Å². The second kappa shape index (κ2) is 6.78. The zero-order chi connectivity index (χ0) is 17.2. The van der Waals surface area contributed by atoms with Gasteiger partial charge in [0, 0.05) is 17.0 Å². The summed E-state index contributed by atoms with van der Waals surface area (Å²) in [5.74, 6) is 0.473. The third kappa shape index (κ3) is 3.22. The summed E-state index contributed by atoms with van der Waals surface area (Å²) in [6.45, 7) is 5.82. The molecule has 1 N–H and O–H groups in total. The van der Waals surface area contributed by atoms with Crippen LogP contribution in [0.1, 0.15) is 42.6 Å². The van der Waals surface area contributed by atoms with Crippen LogP contribution in [0.4, 0.5) is 0 Å². The highest BCUT2D eigenvalue weighted by molar-refractivity contribution is 5.97. The van der Waals surface area contributed by atoms with Crippen molar-refractivity contribution in [1.82, 2.24) is 4.90 Å². The highest BCUT2D eigenvalue weighted by atomic mass is 16.3. The van der Waals surface area contributed by atoms with Crippen LogP contribution in [0.15, 0.2) is 54.6 Å². The van der Waals surface area contributed by atoms with Crippen LogP contribution in [0.25, 0.3) is 0 Å². The highest BCUT2D eigenvalue weighted by Gasteiger charge is 2.40. The van der Waals surface area contributed by atoms with Crippen LogP contribution in [0.3, 0.4) is 0 Å². The summed E-state index contributed by atoms with van der Waals surface area (Å²) in [5, 5.41) is 9.84. The van der Waals surface area contributed by atoms with E-state index in [1.165, 1.54) is 0 Å². The van der Waals surface area contributed by atoms with Gasteiger partial charge in [-0.25, -0.2) is 0 Å². The number of carbonyl (C=O) groups is 1. The van der Waals surface area contributed by atoms with E-state index in [1.807, 2.05) is 42.5 Å². The van der Waals surface area contributed by atoms with Crippen molar-refractivity contribution in [3.8, 4) is 5.75 Å². The van der Waals surface area contributed by atoms with Gasteiger partial charge < -0.3 is 5.11 Å². The lowest BCUT2D eigenvalue weighted by Gasteiger charge is -2.47. The van der Waals surface area contributed by atoms with E-state index in [-0.39, 0.29) is 17.2 Å². The number of hydrogen-bond donors (Lipinski definition) is 1. The fraction of sp³-hybridized carbons (Fsp3) is 0.381. The summed E-state index contributed by atoms with van der Waals surface area (Å²) < 4.78 is 0. The summed E-state index contributed by atoms with van der Waals surface area (Å²) in [6, 6.07) is 17.3. The maximum Gasteiger partial charge on any atom is 0.176 e. The minimum absolute atomic E-state index is 0.0615. The Morgan fingerprint density at radius 3 is 2.67 bits per heavy atom. The molecule has 2 aromatic rings. The molecule has 0 aromatic heterocycles. The SMILES string of the molecule is CC1N(CC(=O)c2ccccc2)CCCC1(C)c1cccc(O)c1. The Kier molecular flexibility index (Phi) is 4.72. The molecule has 0 radical (unpaired) electrons. The number of carbonyl (C=O) groups excluding carboxylic acids is 1. The maximum atomic E-state index is 12.6. The molecule has 1 fully saturated rings. The average Bonchev–Trinajstić information content (AvgIpc) is 2.60. The number of nitrogens with zero attached hydrogens (tertiary/aromatic N) is 1. The fourth-order valence-corrected chi connectivity index (χ4v) is 3.82. The van der Waals surface area contributed by atoms with E-state index < -0.39 is 0 Å². The Morgan fingerprint density at radius 2 is 1.96 bits per heavy atom. The van der Waals surface area contributed by atoms with Crippen LogP contribution in [0.5, 0.6) is 5.75 Å². The van der Waals surface area contributed by atoms with Crippen molar-refractivity contribution in [2.75, 3.05) is 13.1 Å². The second-order valence-corrected chi connectivity index (χ2v) is 7.01. The first-order valence-electron chi connectivity index (χ1n) is 8.62. The van der Waals surface area contributed by atoms with Crippen molar-refractivity contribution >= 4 is 5.78 Å². The molecule has 0 bridgehead atoms. The number of phenols is 1. The molecule has 0 amide bonds. The molecule has 24 heavy (non-hydrogen) atoms. The first-order chi connectivity index (χ1) is 11.5. The number of aromatic hydroxyl groups is 1. The minimum Gasteiger partial charge on any atom is -0.508 e. The van der Waals surface area contributed by atoms with Crippen LogP contribution in [-0.2, 0) is 5.41 Å². The smallest absolute Gasteiger partial charge is 0.176 e. The number of benzene rings is 2. The largest absolute Gasteiger partial charge is 0.508 e. The van der Waals surface area contributed by atoms with Crippen LogP contribution >= 0.6 is 0 Å². The monoisotopic (exact) mass is 323 g/mol. The topological polar surface area (TPSA) is 40.5 Å².